The summed E-state index contributed by atoms with van der Waals surface area (Å²) in [4.78, 5) is 21.0. The SMILES string of the molecule is N[C@]1(C(=O)O)CC[C@H](CC(=O)O)C1. The summed E-state index contributed by atoms with van der Waals surface area (Å²) in [6.07, 6.45) is 1.26. The van der Waals surface area contributed by atoms with Crippen LogP contribution in [0.2, 0.25) is 0 Å². The Morgan fingerprint density at radius 3 is 2.46 bits per heavy atom. The van der Waals surface area contributed by atoms with E-state index in [4.69, 9.17) is 15.9 Å². The molecule has 0 unspecified atom stereocenters. The summed E-state index contributed by atoms with van der Waals surface area (Å²) >= 11 is 0. The highest BCUT2D eigenvalue weighted by atomic mass is 16.4. The van der Waals surface area contributed by atoms with Crippen LogP contribution in [-0.4, -0.2) is 27.7 Å². The summed E-state index contributed by atoms with van der Waals surface area (Å²) in [7, 11) is 0. The largest absolute Gasteiger partial charge is 0.481 e. The Morgan fingerprint density at radius 1 is 1.46 bits per heavy atom. The second-order valence-electron chi connectivity index (χ2n) is 3.67. The lowest BCUT2D eigenvalue weighted by Crippen LogP contribution is -2.45. The molecule has 4 N–H and O–H groups in total. The molecule has 0 saturated heterocycles. The van der Waals surface area contributed by atoms with E-state index in [1.165, 1.54) is 0 Å². The zero-order valence-electron chi connectivity index (χ0n) is 7.19. The maximum absolute atomic E-state index is 10.7. The summed E-state index contributed by atoms with van der Waals surface area (Å²) in [6.45, 7) is 0. The molecule has 1 fully saturated rings. The standard InChI is InChI=1S/C8H13NO4/c9-8(7(12)13)2-1-5(4-8)3-6(10)11/h5H,1-4,9H2,(H,10,11)(H,12,13)/t5-,8-/m1/s1. The van der Waals surface area contributed by atoms with Gasteiger partial charge in [0, 0.05) is 6.42 Å². The first-order valence-corrected chi connectivity index (χ1v) is 4.18. The van der Waals surface area contributed by atoms with Crippen LogP contribution in [0.25, 0.3) is 0 Å². The normalized spacial score (nSPS) is 33.2. The number of carboxylic acids is 2. The van der Waals surface area contributed by atoms with E-state index in [0.29, 0.717) is 12.8 Å². The Bertz CT molecular complexity index is 240. The minimum absolute atomic E-state index is 0.0201. The van der Waals surface area contributed by atoms with Gasteiger partial charge < -0.3 is 15.9 Å². The summed E-state index contributed by atoms with van der Waals surface area (Å²) < 4.78 is 0. The van der Waals surface area contributed by atoms with E-state index in [0.717, 1.165) is 0 Å². The van der Waals surface area contributed by atoms with Crippen molar-refractivity contribution in [1.29, 1.82) is 0 Å². The fourth-order valence-corrected chi connectivity index (χ4v) is 1.80. The number of carboxylic acid groups (broad SMARTS) is 2. The fraction of sp³-hybridized carbons (Fsp3) is 0.750. The molecule has 0 aromatic heterocycles. The van der Waals surface area contributed by atoms with Crippen LogP contribution in [0.4, 0.5) is 0 Å². The van der Waals surface area contributed by atoms with E-state index in [-0.39, 0.29) is 18.8 Å². The molecule has 5 heteroatoms. The highest BCUT2D eigenvalue weighted by Gasteiger charge is 2.42. The van der Waals surface area contributed by atoms with Gasteiger partial charge >= 0.3 is 11.9 Å². The minimum Gasteiger partial charge on any atom is -0.481 e. The maximum atomic E-state index is 10.7. The van der Waals surface area contributed by atoms with E-state index >= 15 is 0 Å². The van der Waals surface area contributed by atoms with Crippen molar-refractivity contribution in [1.82, 2.24) is 0 Å². The Kier molecular flexibility index (Phi) is 2.56. The first kappa shape index (κ1) is 9.98. The molecule has 0 bridgehead atoms. The molecule has 1 saturated carbocycles. The van der Waals surface area contributed by atoms with E-state index in [9.17, 15) is 9.59 Å². The predicted molar refractivity (Wildman–Crippen MR) is 44.1 cm³/mol. The van der Waals surface area contributed by atoms with Crippen molar-refractivity contribution in [2.45, 2.75) is 31.2 Å². The summed E-state index contributed by atoms with van der Waals surface area (Å²) in [5.74, 6) is -2.00. The molecule has 5 nitrogen and oxygen atoms in total. The third-order valence-corrected chi connectivity index (χ3v) is 2.54. The molecule has 1 aliphatic rings. The van der Waals surface area contributed by atoms with Crippen LogP contribution < -0.4 is 5.73 Å². The van der Waals surface area contributed by atoms with Crippen molar-refractivity contribution >= 4 is 11.9 Å². The van der Waals surface area contributed by atoms with E-state index in [1.807, 2.05) is 0 Å². The van der Waals surface area contributed by atoms with Gasteiger partial charge in [0.1, 0.15) is 5.54 Å². The smallest absolute Gasteiger partial charge is 0.323 e. The average Bonchev–Trinajstić information content (AvgIpc) is 2.32. The van der Waals surface area contributed by atoms with Gasteiger partial charge in [-0.05, 0) is 25.2 Å². The lowest BCUT2D eigenvalue weighted by Gasteiger charge is -2.17. The van der Waals surface area contributed by atoms with Gasteiger partial charge in [0.05, 0.1) is 0 Å². The minimum atomic E-state index is -1.19. The lowest BCUT2D eigenvalue weighted by atomic mass is 9.96. The molecule has 1 aliphatic carbocycles. The zero-order valence-corrected chi connectivity index (χ0v) is 7.19. The molecule has 0 spiro atoms. The Balaban J connectivity index is 2.53. The Morgan fingerprint density at radius 2 is 2.08 bits per heavy atom. The molecule has 2 atom stereocenters. The van der Waals surface area contributed by atoms with E-state index < -0.39 is 17.5 Å². The number of aliphatic carboxylic acids is 2. The van der Waals surface area contributed by atoms with Gasteiger partial charge in [0.25, 0.3) is 0 Å². The topological polar surface area (TPSA) is 101 Å². The summed E-state index contributed by atoms with van der Waals surface area (Å²) in [5.41, 5.74) is 4.38. The van der Waals surface area contributed by atoms with Gasteiger partial charge in [-0.3, -0.25) is 9.59 Å². The van der Waals surface area contributed by atoms with Gasteiger partial charge in [-0.15, -0.1) is 0 Å². The zero-order chi connectivity index (χ0) is 10.1. The Hall–Kier alpha value is -1.10. The van der Waals surface area contributed by atoms with Crippen molar-refractivity contribution < 1.29 is 19.8 Å². The molecule has 0 aromatic carbocycles. The van der Waals surface area contributed by atoms with Crippen LogP contribution >= 0.6 is 0 Å². The van der Waals surface area contributed by atoms with Crippen LogP contribution in [0.3, 0.4) is 0 Å². The number of nitrogens with two attached hydrogens (primary N) is 1. The maximum Gasteiger partial charge on any atom is 0.323 e. The molecular weight excluding hydrogens is 174 g/mol. The van der Waals surface area contributed by atoms with Gasteiger partial charge in [-0.2, -0.15) is 0 Å². The first-order valence-electron chi connectivity index (χ1n) is 4.18. The predicted octanol–water partition coefficient (Wildman–Crippen LogP) is 0.0433. The van der Waals surface area contributed by atoms with Crippen molar-refractivity contribution in [3.8, 4) is 0 Å². The number of hydrogen-bond acceptors (Lipinski definition) is 3. The highest BCUT2D eigenvalue weighted by Crippen LogP contribution is 2.34. The molecule has 0 amide bonds. The number of carbonyl (C=O) groups is 2. The van der Waals surface area contributed by atoms with Crippen molar-refractivity contribution in [3.63, 3.8) is 0 Å². The number of hydrogen-bond donors (Lipinski definition) is 3. The van der Waals surface area contributed by atoms with E-state index in [2.05, 4.69) is 0 Å². The quantitative estimate of drug-likeness (QED) is 0.579. The van der Waals surface area contributed by atoms with Crippen LogP contribution in [0.5, 0.6) is 0 Å². The van der Waals surface area contributed by atoms with Gasteiger partial charge in [-0.1, -0.05) is 0 Å². The first-order chi connectivity index (χ1) is 5.94. The van der Waals surface area contributed by atoms with Crippen molar-refractivity contribution in [2.24, 2.45) is 11.7 Å². The van der Waals surface area contributed by atoms with Crippen LogP contribution in [-0.2, 0) is 9.59 Å². The summed E-state index contributed by atoms with van der Waals surface area (Å²) in [5, 5.41) is 17.2. The second kappa shape index (κ2) is 3.33. The average molecular weight is 187 g/mol. The number of rotatable bonds is 3. The fourth-order valence-electron chi connectivity index (χ4n) is 1.80. The molecule has 1 rings (SSSR count). The van der Waals surface area contributed by atoms with Gasteiger partial charge in [-0.25, -0.2) is 0 Å². The second-order valence-corrected chi connectivity index (χ2v) is 3.67. The monoisotopic (exact) mass is 187 g/mol. The van der Waals surface area contributed by atoms with Gasteiger partial charge in [0.15, 0.2) is 0 Å². The third kappa shape index (κ3) is 2.18. The molecular formula is C8H13NO4. The molecule has 13 heavy (non-hydrogen) atoms. The van der Waals surface area contributed by atoms with Crippen LogP contribution in [0.15, 0.2) is 0 Å². The van der Waals surface area contributed by atoms with Crippen molar-refractivity contribution in [2.75, 3.05) is 0 Å². The molecule has 0 aromatic rings. The lowest BCUT2D eigenvalue weighted by molar-refractivity contribution is -0.144. The Labute approximate surface area is 75.5 Å². The molecule has 0 aliphatic heterocycles. The van der Waals surface area contributed by atoms with Crippen LogP contribution in [0, 0.1) is 5.92 Å². The summed E-state index contributed by atoms with van der Waals surface area (Å²) in [6, 6.07) is 0. The van der Waals surface area contributed by atoms with Gasteiger partial charge in [0.2, 0.25) is 0 Å². The molecule has 0 radical (unpaired) electrons. The van der Waals surface area contributed by atoms with Crippen LogP contribution in [0.1, 0.15) is 25.7 Å². The van der Waals surface area contributed by atoms with E-state index in [1.54, 1.807) is 0 Å². The van der Waals surface area contributed by atoms with Crippen molar-refractivity contribution in [3.05, 3.63) is 0 Å². The molecule has 74 valence electrons. The highest BCUT2D eigenvalue weighted by molar-refractivity contribution is 5.79. The molecule has 0 heterocycles. The third-order valence-electron chi connectivity index (χ3n) is 2.54.